The van der Waals surface area contributed by atoms with Gasteiger partial charge < -0.3 is 24.5 Å². The van der Waals surface area contributed by atoms with Crippen molar-refractivity contribution in [2.45, 2.75) is 110 Å². The zero-order chi connectivity index (χ0) is 40.6. The van der Waals surface area contributed by atoms with Gasteiger partial charge in [0.15, 0.2) is 0 Å². The smallest absolute Gasteiger partial charge is 0.324 e. The fraction of sp³-hybridized carbons (Fsp3) is 0.511. The van der Waals surface area contributed by atoms with Crippen molar-refractivity contribution in [1.82, 2.24) is 25.3 Å². The Labute approximate surface area is 334 Å². The molecule has 2 aliphatic heterocycles. The number of phenolic OH excluding ortho intramolecular Hbond substituents is 1. The first kappa shape index (κ1) is 40.4. The number of amides is 2. The van der Waals surface area contributed by atoms with E-state index in [9.17, 15) is 23.9 Å². The van der Waals surface area contributed by atoms with Gasteiger partial charge in [-0.2, -0.15) is 0 Å². The molecule has 2 aromatic carbocycles. The van der Waals surface area contributed by atoms with E-state index in [0.717, 1.165) is 51.0 Å². The van der Waals surface area contributed by atoms with Crippen molar-refractivity contribution in [2.75, 3.05) is 20.3 Å². The number of nitrogens with zero attached hydrogens (tertiary/aromatic N) is 3. The number of pyridine rings is 1. The highest BCUT2D eigenvalue weighted by atomic mass is 19.1. The van der Waals surface area contributed by atoms with Crippen LogP contribution in [-0.4, -0.2) is 76.0 Å². The van der Waals surface area contributed by atoms with Gasteiger partial charge in [0.2, 0.25) is 5.91 Å². The molecule has 2 amide bonds. The Balaban J connectivity index is 1.37. The van der Waals surface area contributed by atoms with E-state index in [0.29, 0.717) is 50.8 Å². The number of aromatic hydroxyl groups is 1. The Hall–Kier alpha value is -4.81. The predicted octanol–water partition coefficient (Wildman–Crippen LogP) is 7.23. The Morgan fingerprint density at radius 1 is 1.11 bits per heavy atom. The molecule has 57 heavy (non-hydrogen) atoms. The molecule has 1 saturated carbocycles. The molecule has 7 rings (SSSR count). The van der Waals surface area contributed by atoms with Gasteiger partial charge in [-0.1, -0.05) is 32.4 Å². The topological polar surface area (TPSA) is 135 Å². The number of nitrogens with one attached hydrogen (secondary N) is 2. The fourth-order valence-corrected chi connectivity index (χ4v) is 9.21. The Morgan fingerprint density at radius 2 is 1.91 bits per heavy atom. The Bertz CT molecular complexity index is 2150. The number of methoxy groups -OCH3 is 1. The van der Waals surface area contributed by atoms with Crippen LogP contribution in [0.5, 0.6) is 5.75 Å². The van der Waals surface area contributed by atoms with E-state index in [-0.39, 0.29) is 30.8 Å². The van der Waals surface area contributed by atoms with E-state index >= 15 is 0 Å². The van der Waals surface area contributed by atoms with Crippen LogP contribution in [0.4, 0.5) is 4.39 Å². The van der Waals surface area contributed by atoms with Gasteiger partial charge in [-0.15, -0.1) is 0 Å². The lowest BCUT2D eigenvalue weighted by molar-refractivity contribution is -0.155. The molecule has 6 bridgehead atoms. The van der Waals surface area contributed by atoms with Crippen LogP contribution >= 0.6 is 0 Å². The third-order valence-corrected chi connectivity index (χ3v) is 12.2. The summed E-state index contributed by atoms with van der Waals surface area (Å²) in [7, 11) is 1.68. The number of hydrogen-bond donors (Lipinski definition) is 3. The van der Waals surface area contributed by atoms with Gasteiger partial charge in [-0.05, 0) is 112 Å². The normalized spacial score (nSPS) is 23.8. The van der Waals surface area contributed by atoms with Crippen molar-refractivity contribution in [3.05, 3.63) is 71.5 Å². The van der Waals surface area contributed by atoms with Crippen LogP contribution in [0.25, 0.3) is 33.3 Å². The lowest BCUT2D eigenvalue weighted by Crippen LogP contribution is -2.61. The number of carbonyl (C=O) groups excluding carboxylic acids is 3. The summed E-state index contributed by atoms with van der Waals surface area (Å²) in [6, 6.07) is 13.8. The van der Waals surface area contributed by atoms with Crippen molar-refractivity contribution in [1.29, 1.82) is 0 Å². The molecule has 4 aromatic rings. The number of hydrazine groups is 1. The van der Waals surface area contributed by atoms with E-state index in [4.69, 9.17) is 14.5 Å². The van der Waals surface area contributed by atoms with Crippen LogP contribution in [-0.2, 0) is 43.2 Å². The van der Waals surface area contributed by atoms with Crippen molar-refractivity contribution in [3.8, 4) is 28.1 Å². The molecule has 4 heterocycles. The van der Waals surface area contributed by atoms with Gasteiger partial charge >= 0.3 is 5.97 Å². The standard InChI is InChI=1S/C45H56FN5O6/c1-7-50-39-16-15-29-23-35(39)36(41(50)34-13-9-17-47-40(34)27(3)56-6)24-45(4,5)25-57-44(55)37-14-10-18-51(49-37)43(54)38(21-28-19-30(29)22-31(52)20-28)48-42(53)33-12-8-11-32(33)26(2)46/h9,13,15-17,19-20,22-23,26-27,32-33,37-38,49,52H,7-8,10-12,14,18,21,24-25H2,1-6H3,(H,48,53)/t26?,27-,32?,33?,37-,38-/m0/s1. The SMILES string of the molecule is CCn1c(-c2cccnc2[C@H](C)OC)c2c3cc(ccc31)-c1cc(O)cc(c1)C[C@H](NC(=O)C1CCCC1C(C)F)C(=O)N1CCC[C@H](N1)C(=O)OCC(C)(C)C2. The molecule has 0 radical (unpaired) electrons. The molecular formula is C45H56FN5O6. The third-order valence-electron chi connectivity index (χ3n) is 12.2. The Kier molecular flexibility index (Phi) is 11.7. The number of carbonyl (C=O) groups is 3. The fourth-order valence-electron chi connectivity index (χ4n) is 9.21. The number of ether oxygens (including phenoxy) is 2. The monoisotopic (exact) mass is 781 g/mol. The molecule has 12 heteroatoms. The number of aromatic nitrogens is 2. The van der Waals surface area contributed by atoms with Crippen molar-refractivity contribution >= 4 is 28.7 Å². The Morgan fingerprint density at radius 3 is 2.67 bits per heavy atom. The number of halogens is 1. The maximum atomic E-state index is 14.6. The van der Waals surface area contributed by atoms with E-state index in [1.54, 1.807) is 25.4 Å². The largest absolute Gasteiger partial charge is 0.508 e. The van der Waals surface area contributed by atoms with Gasteiger partial charge in [0.25, 0.3) is 5.91 Å². The summed E-state index contributed by atoms with van der Waals surface area (Å²) in [6.07, 6.45) is 3.94. The number of hydrogen-bond acceptors (Lipinski definition) is 8. The first-order valence-electron chi connectivity index (χ1n) is 20.4. The lowest BCUT2D eigenvalue weighted by Gasteiger charge is -2.36. The molecule has 304 valence electrons. The summed E-state index contributed by atoms with van der Waals surface area (Å²) in [4.78, 5) is 46.7. The molecule has 2 fully saturated rings. The number of alkyl halides is 1. The number of cyclic esters (lactones) is 1. The maximum absolute atomic E-state index is 14.6. The molecule has 0 spiro atoms. The van der Waals surface area contributed by atoms with Crippen LogP contribution in [0.3, 0.4) is 0 Å². The highest BCUT2D eigenvalue weighted by molar-refractivity contribution is 5.95. The highest BCUT2D eigenvalue weighted by Crippen LogP contribution is 2.42. The second-order valence-electron chi connectivity index (χ2n) is 16.9. The molecular weight excluding hydrogens is 726 g/mol. The molecule has 3 aliphatic rings. The van der Waals surface area contributed by atoms with Crippen LogP contribution in [0.15, 0.2) is 54.7 Å². The predicted molar refractivity (Wildman–Crippen MR) is 217 cm³/mol. The zero-order valence-corrected chi connectivity index (χ0v) is 33.9. The van der Waals surface area contributed by atoms with Gasteiger partial charge in [0.05, 0.1) is 24.1 Å². The summed E-state index contributed by atoms with van der Waals surface area (Å²) in [5, 5.41) is 16.6. The van der Waals surface area contributed by atoms with Crippen molar-refractivity contribution < 1.29 is 33.4 Å². The van der Waals surface area contributed by atoms with E-state index in [2.05, 4.69) is 54.3 Å². The second-order valence-corrected chi connectivity index (χ2v) is 16.9. The molecule has 1 aliphatic carbocycles. The lowest BCUT2D eigenvalue weighted by atomic mass is 9.84. The summed E-state index contributed by atoms with van der Waals surface area (Å²) in [5.41, 5.74) is 9.77. The average molecular weight is 782 g/mol. The number of phenols is 1. The number of rotatable bonds is 7. The first-order chi connectivity index (χ1) is 27.3. The molecule has 3 N–H and O–H groups in total. The van der Waals surface area contributed by atoms with Gasteiger partial charge in [0.1, 0.15) is 24.0 Å². The number of benzene rings is 2. The van der Waals surface area contributed by atoms with E-state index in [1.165, 1.54) is 11.9 Å². The highest BCUT2D eigenvalue weighted by Gasteiger charge is 2.40. The number of aryl methyl sites for hydroxylation is 1. The van der Waals surface area contributed by atoms with Crippen molar-refractivity contribution in [2.24, 2.45) is 17.3 Å². The van der Waals surface area contributed by atoms with Crippen LogP contribution in [0.2, 0.25) is 0 Å². The minimum absolute atomic E-state index is 0.0253. The van der Waals surface area contributed by atoms with Crippen LogP contribution in [0.1, 0.15) is 89.6 Å². The third kappa shape index (κ3) is 8.30. The molecule has 11 nitrogen and oxygen atoms in total. The summed E-state index contributed by atoms with van der Waals surface area (Å²) < 4.78 is 28.8. The summed E-state index contributed by atoms with van der Waals surface area (Å²) in [6.45, 7) is 10.9. The van der Waals surface area contributed by atoms with E-state index in [1.807, 2.05) is 25.1 Å². The van der Waals surface area contributed by atoms with Crippen molar-refractivity contribution in [3.63, 3.8) is 0 Å². The summed E-state index contributed by atoms with van der Waals surface area (Å²) >= 11 is 0. The minimum atomic E-state index is -1.15. The quantitative estimate of drug-likeness (QED) is 0.167. The first-order valence-corrected chi connectivity index (χ1v) is 20.4. The molecule has 1 saturated heterocycles. The number of fused-ring (bicyclic) bond motifs is 6. The van der Waals surface area contributed by atoms with Gasteiger partial charge in [-0.25, -0.2) is 9.82 Å². The van der Waals surface area contributed by atoms with Gasteiger partial charge in [-0.3, -0.25) is 24.4 Å². The second kappa shape index (κ2) is 16.6. The minimum Gasteiger partial charge on any atom is -0.508 e. The van der Waals surface area contributed by atoms with Crippen LogP contribution in [0, 0.1) is 17.3 Å². The average Bonchev–Trinajstić information content (AvgIpc) is 3.82. The van der Waals surface area contributed by atoms with Crippen LogP contribution < -0.4 is 10.7 Å². The summed E-state index contributed by atoms with van der Waals surface area (Å²) in [5.74, 6) is -2.16. The molecule has 2 aromatic heterocycles. The maximum Gasteiger partial charge on any atom is 0.324 e. The van der Waals surface area contributed by atoms with Gasteiger partial charge in [0, 0.05) is 66.5 Å². The molecule has 6 atom stereocenters. The molecule has 3 unspecified atom stereocenters. The number of esters is 1. The zero-order valence-electron chi connectivity index (χ0n) is 33.9. The van der Waals surface area contributed by atoms with E-state index < -0.39 is 47.4 Å².